The number of ether oxygens (including phenoxy) is 1. The van der Waals surface area contributed by atoms with E-state index in [1.807, 2.05) is 30.3 Å². The lowest BCUT2D eigenvalue weighted by molar-refractivity contribution is -0.158. The van der Waals surface area contributed by atoms with Crippen molar-refractivity contribution < 1.29 is 24.2 Å². The molecule has 0 saturated heterocycles. The Bertz CT molecular complexity index is 871. The number of amides is 1. The molecule has 6 heteroatoms. The number of aliphatic carboxylic acids is 1. The average molecular weight is 424 g/mol. The van der Waals surface area contributed by atoms with Crippen LogP contribution in [-0.4, -0.2) is 34.6 Å². The van der Waals surface area contributed by atoms with Crippen LogP contribution in [0.15, 0.2) is 91.1 Å². The van der Waals surface area contributed by atoms with Crippen LogP contribution in [-0.2, 0) is 25.5 Å². The van der Waals surface area contributed by atoms with E-state index in [-0.39, 0.29) is 0 Å². The fourth-order valence-electron chi connectivity index (χ4n) is 2.30. The van der Waals surface area contributed by atoms with E-state index < -0.39 is 29.5 Å². The zero-order valence-electron chi connectivity index (χ0n) is 18.0. The van der Waals surface area contributed by atoms with Gasteiger partial charge in [0.05, 0.1) is 0 Å². The Labute approximate surface area is 183 Å². The van der Waals surface area contributed by atoms with Crippen molar-refractivity contribution in [3.63, 3.8) is 0 Å². The number of esters is 1. The predicted molar refractivity (Wildman–Crippen MR) is 121 cm³/mol. The predicted octanol–water partition coefficient (Wildman–Crippen LogP) is 3.92. The van der Waals surface area contributed by atoms with Crippen molar-refractivity contribution >= 4 is 17.8 Å². The van der Waals surface area contributed by atoms with E-state index in [1.54, 1.807) is 63.3 Å². The number of carbonyl (C=O) groups is 3. The zero-order valence-corrected chi connectivity index (χ0v) is 18.0. The summed E-state index contributed by atoms with van der Waals surface area (Å²) in [6.45, 7) is 5.34. The highest BCUT2D eigenvalue weighted by molar-refractivity contribution is 5.91. The van der Waals surface area contributed by atoms with Crippen molar-refractivity contribution in [1.29, 1.82) is 0 Å². The first kappa shape index (κ1) is 25.4. The second kappa shape index (κ2) is 13.5. The molecule has 6 nitrogen and oxygen atoms in total. The largest absolute Gasteiger partial charge is 0.478 e. The van der Waals surface area contributed by atoms with Gasteiger partial charge in [-0.1, -0.05) is 78.9 Å². The van der Waals surface area contributed by atoms with Gasteiger partial charge in [0.25, 0.3) is 0 Å². The molecule has 0 bridgehead atoms. The van der Waals surface area contributed by atoms with Gasteiger partial charge in [0, 0.05) is 18.6 Å². The van der Waals surface area contributed by atoms with Gasteiger partial charge in [-0.3, -0.25) is 4.79 Å². The van der Waals surface area contributed by atoms with Crippen molar-refractivity contribution in [3.8, 4) is 0 Å². The monoisotopic (exact) mass is 423 g/mol. The Morgan fingerprint density at radius 2 is 1.42 bits per heavy atom. The Balaban J connectivity index is 2.64. The molecule has 0 aromatic heterocycles. The number of carboxylic acid groups (broad SMARTS) is 1. The van der Waals surface area contributed by atoms with Gasteiger partial charge in [-0.2, -0.15) is 0 Å². The molecule has 31 heavy (non-hydrogen) atoms. The van der Waals surface area contributed by atoms with E-state index in [1.165, 1.54) is 12.2 Å². The summed E-state index contributed by atoms with van der Waals surface area (Å²) in [5.74, 6) is -1.89. The third kappa shape index (κ3) is 13.2. The minimum absolute atomic E-state index is 0.330. The van der Waals surface area contributed by atoms with Crippen molar-refractivity contribution in [2.45, 2.75) is 38.8 Å². The molecule has 0 unspecified atom stereocenters. The maximum absolute atomic E-state index is 12.5. The summed E-state index contributed by atoms with van der Waals surface area (Å²) in [5, 5.41) is 11.2. The van der Waals surface area contributed by atoms with Gasteiger partial charge < -0.3 is 15.2 Å². The Morgan fingerprint density at radius 1 is 0.903 bits per heavy atom. The smallest absolute Gasteiger partial charge is 0.329 e. The second-order valence-corrected chi connectivity index (χ2v) is 7.50. The Hall–Kier alpha value is -3.67. The fraction of sp³-hybridized carbons (Fsp3) is 0.240. The molecule has 1 rings (SSSR count). The minimum Gasteiger partial charge on any atom is -0.478 e. The lowest BCUT2D eigenvalue weighted by Gasteiger charge is -2.24. The molecule has 0 radical (unpaired) electrons. The molecule has 0 aliphatic carbocycles. The van der Waals surface area contributed by atoms with Gasteiger partial charge in [0.2, 0.25) is 5.91 Å². The molecular formula is C25H29NO5. The first-order chi connectivity index (χ1) is 14.7. The lowest BCUT2D eigenvalue weighted by atomic mass is 10.1. The summed E-state index contributed by atoms with van der Waals surface area (Å²) in [7, 11) is 0. The van der Waals surface area contributed by atoms with Gasteiger partial charge in [0.15, 0.2) is 0 Å². The third-order valence-electron chi connectivity index (χ3n) is 3.55. The topological polar surface area (TPSA) is 92.7 Å². The normalized spacial score (nSPS) is 13.5. The van der Waals surface area contributed by atoms with Crippen molar-refractivity contribution in [2.75, 3.05) is 0 Å². The van der Waals surface area contributed by atoms with Crippen molar-refractivity contribution in [2.24, 2.45) is 0 Å². The molecule has 1 aromatic rings. The van der Waals surface area contributed by atoms with E-state index in [0.29, 0.717) is 6.42 Å². The molecule has 1 aromatic carbocycles. The summed E-state index contributed by atoms with van der Waals surface area (Å²) in [5.41, 5.74) is 0.262. The highest BCUT2D eigenvalue weighted by Crippen LogP contribution is 2.11. The molecule has 0 aliphatic rings. The summed E-state index contributed by atoms with van der Waals surface area (Å²) < 4.78 is 5.44. The fourth-order valence-corrected chi connectivity index (χ4v) is 2.30. The van der Waals surface area contributed by atoms with E-state index in [2.05, 4.69) is 5.32 Å². The van der Waals surface area contributed by atoms with Crippen LogP contribution < -0.4 is 5.32 Å². The maximum atomic E-state index is 12.5. The molecule has 2 N–H and O–H groups in total. The van der Waals surface area contributed by atoms with Crippen LogP contribution in [0.25, 0.3) is 0 Å². The van der Waals surface area contributed by atoms with Gasteiger partial charge in [-0.15, -0.1) is 0 Å². The molecule has 0 aliphatic heterocycles. The highest BCUT2D eigenvalue weighted by Gasteiger charge is 2.26. The number of benzene rings is 1. The number of nitrogens with one attached hydrogen (secondary N) is 1. The molecular weight excluding hydrogens is 394 g/mol. The molecule has 0 spiro atoms. The number of hydrogen-bond acceptors (Lipinski definition) is 4. The first-order valence-corrected chi connectivity index (χ1v) is 9.82. The average Bonchev–Trinajstić information content (AvgIpc) is 2.68. The van der Waals surface area contributed by atoms with Crippen LogP contribution in [0.4, 0.5) is 0 Å². The Kier molecular flexibility index (Phi) is 11.1. The van der Waals surface area contributed by atoms with E-state index in [0.717, 1.165) is 11.6 Å². The zero-order chi connectivity index (χ0) is 23.1. The second-order valence-electron chi connectivity index (χ2n) is 7.50. The molecule has 0 saturated carbocycles. The van der Waals surface area contributed by atoms with Crippen LogP contribution in [0, 0.1) is 0 Å². The van der Waals surface area contributed by atoms with Gasteiger partial charge >= 0.3 is 11.9 Å². The van der Waals surface area contributed by atoms with Crippen molar-refractivity contribution in [3.05, 3.63) is 96.7 Å². The van der Waals surface area contributed by atoms with Crippen LogP contribution in [0.2, 0.25) is 0 Å². The third-order valence-corrected chi connectivity index (χ3v) is 3.55. The highest BCUT2D eigenvalue weighted by atomic mass is 16.6. The summed E-state index contributed by atoms with van der Waals surface area (Å²) in [4.78, 5) is 35.1. The molecule has 1 amide bonds. The van der Waals surface area contributed by atoms with E-state index >= 15 is 0 Å². The Morgan fingerprint density at radius 3 is 1.94 bits per heavy atom. The molecule has 0 fully saturated rings. The SMILES string of the molecule is CC(C)(C)OC(=O)[C@H](Cc1ccccc1)NC(=O)/C=C/C=C/C=C/C=C/C=C/C(=O)O. The number of hydrogen-bond donors (Lipinski definition) is 2. The number of allylic oxidation sites excluding steroid dienone is 8. The lowest BCUT2D eigenvalue weighted by Crippen LogP contribution is -2.45. The van der Waals surface area contributed by atoms with Crippen molar-refractivity contribution in [1.82, 2.24) is 5.32 Å². The number of carboxylic acids is 1. The van der Waals surface area contributed by atoms with Gasteiger partial charge in [-0.05, 0) is 26.3 Å². The van der Waals surface area contributed by atoms with Crippen LogP contribution in [0.1, 0.15) is 26.3 Å². The summed E-state index contributed by atoms with van der Waals surface area (Å²) in [6.07, 6.45) is 15.8. The molecule has 164 valence electrons. The number of carbonyl (C=O) groups excluding carboxylic acids is 2. The van der Waals surface area contributed by atoms with E-state index in [4.69, 9.17) is 9.84 Å². The van der Waals surface area contributed by atoms with Crippen LogP contribution >= 0.6 is 0 Å². The van der Waals surface area contributed by atoms with Gasteiger partial charge in [0.1, 0.15) is 11.6 Å². The summed E-state index contributed by atoms with van der Waals surface area (Å²) >= 11 is 0. The number of rotatable bonds is 10. The standard InChI is InChI=1S/C25H29NO5/c1-25(2,3)31-24(30)21(19-20-15-11-10-12-16-20)26-22(27)17-13-8-6-4-5-7-9-14-18-23(28)29/h4-18,21H,19H2,1-3H3,(H,26,27)(H,28,29)/b5-4+,8-6+,9-7+,17-13+,18-14+/t21-/m0/s1. The van der Waals surface area contributed by atoms with Crippen LogP contribution in [0.3, 0.4) is 0 Å². The minimum atomic E-state index is -1.00. The first-order valence-electron chi connectivity index (χ1n) is 9.82. The summed E-state index contributed by atoms with van der Waals surface area (Å²) in [6, 6.07) is 8.61. The maximum Gasteiger partial charge on any atom is 0.329 e. The molecule has 1 atom stereocenters. The van der Waals surface area contributed by atoms with E-state index in [9.17, 15) is 14.4 Å². The quantitative estimate of drug-likeness (QED) is 0.338. The van der Waals surface area contributed by atoms with Crippen LogP contribution in [0.5, 0.6) is 0 Å². The van der Waals surface area contributed by atoms with Gasteiger partial charge in [-0.25, -0.2) is 9.59 Å². The molecule has 0 heterocycles.